The predicted molar refractivity (Wildman–Crippen MR) is 103 cm³/mol. The van der Waals surface area contributed by atoms with Crippen molar-refractivity contribution in [3.63, 3.8) is 0 Å². The van der Waals surface area contributed by atoms with Crippen LogP contribution in [0.5, 0.6) is 17.5 Å². The number of aromatic nitrogens is 2. The molecule has 0 aliphatic heterocycles. The Bertz CT molecular complexity index is 907. The summed E-state index contributed by atoms with van der Waals surface area (Å²) < 4.78 is 10.7. The summed E-state index contributed by atoms with van der Waals surface area (Å²) in [5.41, 5.74) is 2.26. The third-order valence-corrected chi connectivity index (χ3v) is 3.77. The summed E-state index contributed by atoms with van der Waals surface area (Å²) >= 11 is 0. The second-order valence-corrected chi connectivity index (χ2v) is 6.24. The number of rotatable bonds is 6. The topological polar surface area (TPSA) is 73.3 Å². The Labute approximate surface area is 158 Å². The Hall–Kier alpha value is -3.41. The zero-order valence-corrected chi connectivity index (χ0v) is 15.5. The van der Waals surface area contributed by atoms with Gasteiger partial charge in [0.25, 0.3) is 5.91 Å². The van der Waals surface area contributed by atoms with E-state index in [4.69, 9.17) is 9.47 Å². The monoisotopic (exact) mass is 363 g/mol. The standard InChI is InChI=1S/C21H21N3O3/c1-14(2)24-20(25)16-6-4-5-15(11-16)17-12-22-21(23-13-17)27-19-9-7-18(26-3)8-10-19/h4-14H,1-3H3,(H,24,25). The molecule has 0 spiro atoms. The predicted octanol–water partition coefficient (Wildman–Crippen LogP) is 4.08. The molecular weight excluding hydrogens is 342 g/mol. The van der Waals surface area contributed by atoms with Crippen LogP contribution in [0.2, 0.25) is 0 Å². The van der Waals surface area contributed by atoms with Crippen molar-refractivity contribution in [2.75, 3.05) is 7.11 Å². The molecule has 3 aromatic rings. The van der Waals surface area contributed by atoms with Crippen molar-refractivity contribution in [1.29, 1.82) is 0 Å². The van der Waals surface area contributed by atoms with Gasteiger partial charge < -0.3 is 14.8 Å². The highest BCUT2D eigenvalue weighted by atomic mass is 16.5. The second-order valence-electron chi connectivity index (χ2n) is 6.24. The second kappa shape index (κ2) is 8.31. The van der Waals surface area contributed by atoms with Gasteiger partial charge in [-0.25, -0.2) is 9.97 Å². The minimum absolute atomic E-state index is 0.0823. The molecule has 2 aromatic carbocycles. The molecule has 27 heavy (non-hydrogen) atoms. The fourth-order valence-corrected chi connectivity index (χ4v) is 2.45. The molecule has 0 bridgehead atoms. The Balaban J connectivity index is 1.74. The number of hydrogen-bond acceptors (Lipinski definition) is 5. The lowest BCUT2D eigenvalue weighted by atomic mass is 10.1. The number of methoxy groups -OCH3 is 1. The lowest BCUT2D eigenvalue weighted by Crippen LogP contribution is -2.30. The van der Waals surface area contributed by atoms with Crippen molar-refractivity contribution < 1.29 is 14.3 Å². The quantitative estimate of drug-likeness (QED) is 0.714. The highest BCUT2D eigenvalue weighted by molar-refractivity contribution is 5.95. The molecule has 6 heteroatoms. The molecule has 0 radical (unpaired) electrons. The van der Waals surface area contributed by atoms with Crippen LogP contribution in [0, 0.1) is 0 Å². The van der Waals surface area contributed by atoms with E-state index in [1.807, 2.05) is 32.0 Å². The first-order valence-electron chi connectivity index (χ1n) is 8.60. The van der Waals surface area contributed by atoms with E-state index in [9.17, 15) is 4.79 Å². The molecule has 0 aliphatic rings. The molecule has 1 amide bonds. The van der Waals surface area contributed by atoms with Gasteiger partial charge in [-0.2, -0.15) is 0 Å². The molecule has 0 saturated carbocycles. The molecular formula is C21H21N3O3. The van der Waals surface area contributed by atoms with Crippen LogP contribution in [-0.2, 0) is 0 Å². The average Bonchev–Trinajstić information content (AvgIpc) is 2.69. The third kappa shape index (κ3) is 4.82. The number of hydrogen-bond donors (Lipinski definition) is 1. The minimum Gasteiger partial charge on any atom is -0.497 e. The lowest BCUT2D eigenvalue weighted by Gasteiger charge is -2.09. The number of carbonyl (C=O) groups excluding carboxylic acids is 1. The smallest absolute Gasteiger partial charge is 0.321 e. The van der Waals surface area contributed by atoms with Gasteiger partial charge in [0, 0.05) is 29.6 Å². The van der Waals surface area contributed by atoms with Crippen molar-refractivity contribution in [1.82, 2.24) is 15.3 Å². The average molecular weight is 363 g/mol. The molecule has 0 unspecified atom stereocenters. The van der Waals surface area contributed by atoms with Crippen LogP contribution in [0.3, 0.4) is 0 Å². The highest BCUT2D eigenvalue weighted by Crippen LogP contribution is 2.23. The molecule has 0 fully saturated rings. The van der Waals surface area contributed by atoms with Gasteiger partial charge in [0.05, 0.1) is 7.11 Å². The van der Waals surface area contributed by atoms with Crippen LogP contribution in [0.25, 0.3) is 11.1 Å². The first-order valence-corrected chi connectivity index (χ1v) is 8.60. The number of amides is 1. The Kier molecular flexibility index (Phi) is 5.66. The Morgan fingerprint density at radius 1 is 0.963 bits per heavy atom. The molecule has 138 valence electrons. The summed E-state index contributed by atoms with van der Waals surface area (Å²) in [5.74, 6) is 1.27. The molecule has 0 saturated heterocycles. The van der Waals surface area contributed by atoms with Gasteiger partial charge >= 0.3 is 6.01 Å². The summed E-state index contributed by atoms with van der Waals surface area (Å²) in [5, 5.41) is 2.88. The van der Waals surface area contributed by atoms with Crippen molar-refractivity contribution in [2.24, 2.45) is 0 Å². The van der Waals surface area contributed by atoms with Crippen molar-refractivity contribution in [3.8, 4) is 28.6 Å². The minimum atomic E-state index is -0.104. The Morgan fingerprint density at radius 2 is 1.63 bits per heavy atom. The van der Waals surface area contributed by atoms with E-state index in [0.29, 0.717) is 11.3 Å². The van der Waals surface area contributed by atoms with E-state index in [1.165, 1.54) is 0 Å². The van der Waals surface area contributed by atoms with E-state index >= 15 is 0 Å². The van der Waals surface area contributed by atoms with E-state index in [0.717, 1.165) is 16.9 Å². The molecule has 3 rings (SSSR count). The van der Waals surface area contributed by atoms with E-state index in [2.05, 4.69) is 15.3 Å². The van der Waals surface area contributed by atoms with Gasteiger partial charge in [0.1, 0.15) is 11.5 Å². The zero-order chi connectivity index (χ0) is 19.2. The van der Waals surface area contributed by atoms with Crippen LogP contribution in [0.4, 0.5) is 0 Å². The summed E-state index contributed by atoms with van der Waals surface area (Å²) in [6.07, 6.45) is 3.34. The van der Waals surface area contributed by atoms with Crippen molar-refractivity contribution in [2.45, 2.75) is 19.9 Å². The molecule has 1 heterocycles. The van der Waals surface area contributed by atoms with E-state index < -0.39 is 0 Å². The van der Waals surface area contributed by atoms with Gasteiger partial charge in [0.15, 0.2) is 0 Å². The van der Waals surface area contributed by atoms with Crippen LogP contribution in [0.1, 0.15) is 24.2 Å². The van der Waals surface area contributed by atoms with Gasteiger partial charge in [-0.05, 0) is 55.8 Å². The lowest BCUT2D eigenvalue weighted by molar-refractivity contribution is 0.0943. The summed E-state index contributed by atoms with van der Waals surface area (Å²) in [6.45, 7) is 3.86. The molecule has 0 atom stereocenters. The number of ether oxygens (including phenoxy) is 2. The Morgan fingerprint density at radius 3 is 2.26 bits per heavy atom. The summed E-state index contributed by atoms with van der Waals surface area (Å²) in [6, 6.07) is 14.9. The van der Waals surface area contributed by atoms with E-state index in [-0.39, 0.29) is 18.0 Å². The maximum Gasteiger partial charge on any atom is 0.321 e. The first kappa shape index (κ1) is 18.4. The molecule has 6 nitrogen and oxygen atoms in total. The van der Waals surface area contributed by atoms with Gasteiger partial charge in [-0.15, -0.1) is 0 Å². The third-order valence-electron chi connectivity index (χ3n) is 3.77. The fourth-order valence-electron chi connectivity index (χ4n) is 2.45. The van der Waals surface area contributed by atoms with Gasteiger partial charge in [-0.3, -0.25) is 4.79 Å². The molecule has 0 aliphatic carbocycles. The number of benzene rings is 2. The largest absolute Gasteiger partial charge is 0.497 e. The highest BCUT2D eigenvalue weighted by Gasteiger charge is 2.09. The van der Waals surface area contributed by atoms with Crippen LogP contribution >= 0.6 is 0 Å². The van der Waals surface area contributed by atoms with Crippen molar-refractivity contribution >= 4 is 5.91 Å². The van der Waals surface area contributed by atoms with Gasteiger partial charge in [-0.1, -0.05) is 12.1 Å². The normalized spacial score (nSPS) is 10.5. The van der Waals surface area contributed by atoms with Crippen LogP contribution in [0.15, 0.2) is 60.9 Å². The molecule has 1 aromatic heterocycles. The van der Waals surface area contributed by atoms with Gasteiger partial charge in [0.2, 0.25) is 0 Å². The summed E-state index contributed by atoms with van der Waals surface area (Å²) in [4.78, 5) is 20.7. The summed E-state index contributed by atoms with van der Waals surface area (Å²) in [7, 11) is 1.61. The van der Waals surface area contributed by atoms with Crippen molar-refractivity contribution in [3.05, 3.63) is 66.5 Å². The maximum atomic E-state index is 12.2. The van der Waals surface area contributed by atoms with Crippen LogP contribution < -0.4 is 14.8 Å². The number of carbonyl (C=O) groups is 1. The number of nitrogens with zero attached hydrogens (tertiary/aromatic N) is 2. The number of nitrogens with one attached hydrogen (secondary N) is 1. The SMILES string of the molecule is COc1ccc(Oc2ncc(-c3cccc(C(=O)NC(C)C)c3)cn2)cc1. The zero-order valence-electron chi connectivity index (χ0n) is 15.5. The first-order chi connectivity index (χ1) is 13.0. The van der Waals surface area contributed by atoms with E-state index in [1.54, 1.807) is 49.8 Å². The maximum absolute atomic E-state index is 12.2. The van der Waals surface area contributed by atoms with Crippen LogP contribution in [-0.4, -0.2) is 29.0 Å². The molecule has 1 N–H and O–H groups in total. The fraction of sp³-hybridized carbons (Fsp3) is 0.190.